The summed E-state index contributed by atoms with van der Waals surface area (Å²) >= 11 is 0. The van der Waals surface area contributed by atoms with Crippen LogP contribution in [0.3, 0.4) is 0 Å². The molecule has 0 saturated carbocycles. The molecular formula is C10H18F3N. The van der Waals surface area contributed by atoms with Gasteiger partial charge in [0.1, 0.15) is 0 Å². The smallest absolute Gasteiger partial charge is 0.308 e. The summed E-state index contributed by atoms with van der Waals surface area (Å²) in [7, 11) is 0. The first kappa shape index (κ1) is 13.5. The zero-order chi connectivity index (χ0) is 11.0. The minimum absolute atomic E-state index is 0.402. The van der Waals surface area contributed by atoms with Crippen molar-refractivity contribution >= 4 is 0 Å². The van der Waals surface area contributed by atoms with E-state index in [1.165, 1.54) is 5.57 Å². The maximum Gasteiger partial charge on any atom is 0.401 e. The van der Waals surface area contributed by atoms with Crippen molar-refractivity contribution in [2.75, 3.05) is 13.1 Å². The summed E-state index contributed by atoms with van der Waals surface area (Å²) < 4.78 is 35.2. The Hall–Kier alpha value is -0.510. The van der Waals surface area contributed by atoms with Crippen LogP contribution in [0.4, 0.5) is 13.2 Å². The summed E-state index contributed by atoms with van der Waals surface area (Å²) in [6.07, 6.45) is 0.556. The van der Waals surface area contributed by atoms with E-state index in [1.54, 1.807) is 0 Å². The normalized spacial score (nSPS) is 13.4. The van der Waals surface area contributed by atoms with E-state index < -0.39 is 12.7 Å². The van der Waals surface area contributed by atoms with Gasteiger partial charge in [-0.25, -0.2) is 0 Å². The molecule has 14 heavy (non-hydrogen) atoms. The highest BCUT2D eigenvalue weighted by Gasteiger charge is 2.25. The molecule has 0 unspecified atom stereocenters. The third-order valence-electron chi connectivity index (χ3n) is 1.90. The zero-order valence-electron chi connectivity index (χ0n) is 8.75. The van der Waals surface area contributed by atoms with E-state index >= 15 is 0 Å². The molecule has 0 saturated heterocycles. The number of rotatable bonds is 6. The first-order valence-corrected chi connectivity index (χ1v) is 4.95. The van der Waals surface area contributed by atoms with Crippen molar-refractivity contribution in [2.24, 2.45) is 0 Å². The van der Waals surface area contributed by atoms with E-state index in [4.69, 9.17) is 0 Å². The molecule has 0 bridgehead atoms. The largest absolute Gasteiger partial charge is 0.401 e. The third kappa shape index (κ3) is 8.10. The predicted molar refractivity (Wildman–Crippen MR) is 52.2 cm³/mol. The summed E-state index contributed by atoms with van der Waals surface area (Å²) in [5.41, 5.74) is 1.22. The van der Waals surface area contributed by atoms with Crippen molar-refractivity contribution in [2.45, 2.75) is 39.3 Å². The molecule has 0 fully saturated rings. The maximum atomic E-state index is 11.7. The van der Waals surface area contributed by atoms with Crippen molar-refractivity contribution in [1.82, 2.24) is 5.32 Å². The molecule has 4 heteroatoms. The van der Waals surface area contributed by atoms with E-state index in [0.29, 0.717) is 13.0 Å². The number of allylic oxidation sites excluding steroid dienone is 1. The van der Waals surface area contributed by atoms with Gasteiger partial charge < -0.3 is 5.32 Å². The number of hydrogen-bond donors (Lipinski definition) is 1. The molecule has 0 aliphatic heterocycles. The fraction of sp³-hybridized carbons (Fsp3) is 0.800. The first-order chi connectivity index (χ1) is 6.49. The SMILES string of the molecule is CC/C=C(\CC)CCNCC(F)(F)F. The second-order valence-corrected chi connectivity index (χ2v) is 3.17. The number of halogens is 3. The molecule has 0 aromatic rings. The van der Waals surface area contributed by atoms with Crippen LogP contribution < -0.4 is 5.32 Å². The quantitative estimate of drug-likeness (QED) is 0.523. The molecule has 0 aliphatic carbocycles. The minimum atomic E-state index is -4.10. The highest BCUT2D eigenvalue weighted by atomic mass is 19.4. The van der Waals surface area contributed by atoms with E-state index in [9.17, 15) is 13.2 Å². The summed E-state index contributed by atoms with van der Waals surface area (Å²) in [6, 6.07) is 0. The van der Waals surface area contributed by atoms with Crippen LogP contribution in [-0.2, 0) is 0 Å². The average molecular weight is 209 g/mol. The Morgan fingerprint density at radius 1 is 1.29 bits per heavy atom. The van der Waals surface area contributed by atoms with Crippen molar-refractivity contribution < 1.29 is 13.2 Å². The lowest BCUT2D eigenvalue weighted by atomic mass is 10.1. The Morgan fingerprint density at radius 2 is 1.93 bits per heavy atom. The fourth-order valence-electron chi connectivity index (χ4n) is 1.19. The number of nitrogens with one attached hydrogen (secondary N) is 1. The molecule has 0 spiro atoms. The molecule has 0 aromatic carbocycles. The molecule has 0 radical (unpaired) electrons. The van der Waals surface area contributed by atoms with Crippen LogP contribution in [-0.4, -0.2) is 19.3 Å². The third-order valence-corrected chi connectivity index (χ3v) is 1.90. The van der Waals surface area contributed by atoms with Gasteiger partial charge in [0.2, 0.25) is 0 Å². The lowest BCUT2D eigenvalue weighted by molar-refractivity contribution is -0.124. The van der Waals surface area contributed by atoms with Gasteiger partial charge in [0, 0.05) is 0 Å². The van der Waals surface area contributed by atoms with Crippen molar-refractivity contribution in [1.29, 1.82) is 0 Å². The lowest BCUT2D eigenvalue weighted by Gasteiger charge is -2.09. The Kier molecular flexibility index (Phi) is 6.62. The van der Waals surface area contributed by atoms with Crippen molar-refractivity contribution in [3.05, 3.63) is 11.6 Å². The van der Waals surface area contributed by atoms with Crippen LogP contribution >= 0.6 is 0 Å². The maximum absolute atomic E-state index is 11.7. The van der Waals surface area contributed by atoms with Gasteiger partial charge in [-0.15, -0.1) is 0 Å². The van der Waals surface area contributed by atoms with Crippen LogP contribution in [0.1, 0.15) is 33.1 Å². The van der Waals surface area contributed by atoms with Crippen LogP contribution in [0, 0.1) is 0 Å². The Morgan fingerprint density at radius 3 is 2.36 bits per heavy atom. The van der Waals surface area contributed by atoms with Gasteiger partial charge in [-0.2, -0.15) is 13.2 Å². The molecule has 84 valence electrons. The Bertz CT molecular complexity index is 173. The summed E-state index contributed by atoms with van der Waals surface area (Å²) in [5, 5.41) is 2.38. The van der Waals surface area contributed by atoms with Gasteiger partial charge in [0.05, 0.1) is 6.54 Å². The number of alkyl halides is 3. The summed E-state index contributed by atoms with van der Waals surface area (Å²) in [6.45, 7) is 3.55. The van der Waals surface area contributed by atoms with Crippen LogP contribution in [0.5, 0.6) is 0 Å². The van der Waals surface area contributed by atoms with Crippen molar-refractivity contribution in [3.63, 3.8) is 0 Å². The molecule has 0 aliphatic rings. The summed E-state index contributed by atoms with van der Waals surface area (Å²) in [5.74, 6) is 0. The zero-order valence-corrected chi connectivity index (χ0v) is 8.75. The minimum Gasteiger partial charge on any atom is -0.308 e. The molecular weight excluding hydrogens is 191 g/mol. The standard InChI is InChI=1S/C10H18F3N/c1-3-5-9(4-2)6-7-14-8-10(11,12)13/h5,14H,3-4,6-8H2,1-2H3/b9-5+. The molecule has 0 rings (SSSR count). The molecule has 1 nitrogen and oxygen atoms in total. The van der Waals surface area contributed by atoms with Crippen molar-refractivity contribution in [3.8, 4) is 0 Å². The number of hydrogen-bond acceptors (Lipinski definition) is 1. The molecule has 1 N–H and O–H groups in total. The van der Waals surface area contributed by atoms with E-state index in [-0.39, 0.29) is 0 Å². The summed E-state index contributed by atoms with van der Waals surface area (Å²) in [4.78, 5) is 0. The van der Waals surface area contributed by atoms with E-state index in [0.717, 1.165) is 12.8 Å². The van der Waals surface area contributed by atoms with Gasteiger partial charge in [-0.1, -0.05) is 25.5 Å². The second-order valence-electron chi connectivity index (χ2n) is 3.17. The van der Waals surface area contributed by atoms with Gasteiger partial charge >= 0.3 is 6.18 Å². The molecule has 0 heterocycles. The lowest BCUT2D eigenvalue weighted by Crippen LogP contribution is -2.29. The van der Waals surface area contributed by atoms with Gasteiger partial charge in [0.25, 0.3) is 0 Å². The van der Waals surface area contributed by atoms with E-state index in [1.807, 2.05) is 13.8 Å². The van der Waals surface area contributed by atoms with Crippen LogP contribution in [0.2, 0.25) is 0 Å². The highest BCUT2D eigenvalue weighted by molar-refractivity contribution is 5.00. The second kappa shape index (κ2) is 6.87. The molecule has 0 aromatic heterocycles. The Labute approximate surface area is 83.4 Å². The average Bonchev–Trinajstić information content (AvgIpc) is 2.08. The molecule has 0 amide bonds. The Balaban J connectivity index is 3.58. The first-order valence-electron chi connectivity index (χ1n) is 4.95. The fourth-order valence-corrected chi connectivity index (χ4v) is 1.19. The van der Waals surface area contributed by atoms with Crippen LogP contribution in [0.25, 0.3) is 0 Å². The van der Waals surface area contributed by atoms with Gasteiger partial charge in [0.15, 0.2) is 0 Å². The molecule has 0 atom stereocenters. The topological polar surface area (TPSA) is 12.0 Å². The van der Waals surface area contributed by atoms with Gasteiger partial charge in [-0.05, 0) is 25.8 Å². The monoisotopic (exact) mass is 209 g/mol. The van der Waals surface area contributed by atoms with Gasteiger partial charge in [-0.3, -0.25) is 0 Å². The highest BCUT2D eigenvalue weighted by Crippen LogP contribution is 2.12. The predicted octanol–water partition coefficient (Wildman–Crippen LogP) is 3.27. The van der Waals surface area contributed by atoms with E-state index in [2.05, 4.69) is 11.4 Å². The van der Waals surface area contributed by atoms with Crippen LogP contribution in [0.15, 0.2) is 11.6 Å².